The Labute approximate surface area is 124 Å². The van der Waals surface area contributed by atoms with Gasteiger partial charge < -0.3 is 14.7 Å². The van der Waals surface area contributed by atoms with Crippen molar-refractivity contribution in [3.63, 3.8) is 0 Å². The molecule has 0 aromatic heterocycles. The van der Waals surface area contributed by atoms with Crippen LogP contribution in [-0.2, 0) is 19.1 Å². The molecule has 1 unspecified atom stereocenters. The Balaban J connectivity index is 2.11. The summed E-state index contributed by atoms with van der Waals surface area (Å²) in [5, 5.41) is 9.23. The Morgan fingerprint density at radius 1 is 1.10 bits per heavy atom. The smallest absolute Gasteiger partial charge is 0.328 e. The van der Waals surface area contributed by atoms with E-state index in [1.54, 1.807) is 11.8 Å². The molecule has 21 heavy (non-hydrogen) atoms. The molecule has 1 heterocycles. The van der Waals surface area contributed by atoms with Gasteiger partial charge in [-0.25, -0.2) is 4.79 Å². The molecule has 1 amide bonds. The van der Waals surface area contributed by atoms with E-state index in [9.17, 15) is 19.5 Å². The van der Waals surface area contributed by atoms with Crippen LogP contribution in [0.15, 0.2) is 0 Å². The summed E-state index contributed by atoms with van der Waals surface area (Å²) in [5.41, 5.74) is 0. The predicted molar refractivity (Wildman–Crippen MR) is 74.5 cm³/mol. The first-order valence-electron chi connectivity index (χ1n) is 7.76. The molecule has 0 bridgehead atoms. The van der Waals surface area contributed by atoms with Gasteiger partial charge >= 0.3 is 11.9 Å². The molecule has 0 aromatic carbocycles. The minimum absolute atomic E-state index is 0.183. The number of nitrogens with zero attached hydrogens (tertiary/aromatic N) is 1. The summed E-state index contributed by atoms with van der Waals surface area (Å²) in [6.45, 7) is 2.55. The summed E-state index contributed by atoms with van der Waals surface area (Å²) in [6.07, 6.45) is 4.25. The molecule has 1 aliphatic heterocycles. The first-order chi connectivity index (χ1) is 10.1. The van der Waals surface area contributed by atoms with Crippen molar-refractivity contribution in [1.29, 1.82) is 0 Å². The number of carbonyl (C=O) groups is 3. The number of ether oxygens (including phenoxy) is 1. The number of amides is 1. The number of esters is 1. The standard InChI is InChI=1S/C15H23NO5/c1-2-21-15(20)12-8-3-4-9-16(12)13(17)10-6-5-7-11(10)14(18)19/h10-12H,2-9H2,1H3,(H,18,19)/t10-,11+,12?/m1/s1. The van der Waals surface area contributed by atoms with Crippen molar-refractivity contribution < 1.29 is 24.2 Å². The van der Waals surface area contributed by atoms with Crippen molar-refractivity contribution in [2.45, 2.75) is 51.5 Å². The number of carbonyl (C=O) groups excluding carboxylic acids is 2. The van der Waals surface area contributed by atoms with Crippen LogP contribution in [0.3, 0.4) is 0 Å². The van der Waals surface area contributed by atoms with Crippen molar-refractivity contribution in [2.24, 2.45) is 11.8 Å². The SMILES string of the molecule is CCOC(=O)C1CCCCN1C(=O)[C@@H]1CCC[C@@H]1C(=O)O. The van der Waals surface area contributed by atoms with Gasteiger partial charge in [0.1, 0.15) is 6.04 Å². The van der Waals surface area contributed by atoms with Crippen LogP contribution in [0.2, 0.25) is 0 Å². The van der Waals surface area contributed by atoms with E-state index in [1.165, 1.54) is 0 Å². The minimum atomic E-state index is -0.907. The van der Waals surface area contributed by atoms with E-state index in [4.69, 9.17) is 4.74 Å². The van der Waals surface area contributed by atoms with E-state index in [2.05, 4.69) is 0 Å². The van der Waals surface area contributed by atoms with Gasteiger partial charge in [-0.2, -0.15) is 0 Å². The van der Waals surface area contributed by atoms with Crippen molar-refractivity contribution in [3.8, 4) is 0 Å². The molecule has 2 aliphatic rings. The van der Waals surface area contributed by atoms with Gasteiger partial charge in [0.05, 0.1) is 18.4 Å². The number of aliphatic carboxylic acids is 1. The molecule has 0 spiro atoms. The quantitative estimate of drug-likeness (QED) is 0.794. The first kappa shape index (κ1) is 15.8. The highest BCUT2D eigenvalue weighted by molar-refractivity contribution is 5.89. The lowest BCUT2D eigenvalue weighted by Crippen LogP contribution is -2.51. The lowest BCUT2D eigenvalue weighted by atomic mass is 9.92. The summed E-state index contributed by atoms with van der Waals surface area (Å²) in [5.74, 6) is -2.55. The number of carboxylic acid groups (broad SMARTS) is 1. The van der Waals surface area contributed by atoms with Gasteiger partial charge in [0.25, 0.3) is 0 Å². The highest BCUT2D eigenvalue weighted by atomic mass is 16.5. The molecule has 1 saturated heterocycles. The fourth-order valence-electron chi connectivity index (χ4n) is 3.44. The van der Waals surface area contributed by atoms with E-state index in [0.29, 0.717) is 32.4 Å². The normalized spacial score (nSPS) is 29.2. The van der Waals surface area contributed by atoms with Crippen LogP contribution in [0.4, 0.5) is 0 Å². The molecular weight excluding hydrogens is 274 g/mol. The second-order valence-corrected chi connectivity index (χ2v) is 5.78. The van der Waals surface area contributed by atoms with Crippen LogP contribution in [-0.4, -0.2) is 47.0 Å². The van der Waals surface area contributed by atoms with E-state index in [0.717, 1.165) is 19.3 Å². The van der Waals surface area contributed by atoms with E-state index in [-0.39, 0.29) is 11.9 Å². The Kier molecular flexibility index (Phi) is 5.20. The second-order valence-electron chi connectivity index (χ2n) is 5.78. The molecule has 118 valence electrons. The lowest BCUT2D eigenvalue weighted by molar-refractivity contribution is -0.160. The lowest BCUT2D eigenvalue weighted by Gasteiger charge is -2.36. The molecule has 0 radical (unpaired) electrons. The number of likely N-dealkylation sites (tertiary alicyclic amines) is 1. The average Bonchev–Trinajstić information content (AvgIpc) is 2.96. The van der Waals surface area contributed by atoms with Crippen LogP contribution in [0.25, 0.3) is 0 Å². The first-order valence-corrected chi connectivity index (χ1v) is 7.76. The minimum Gasteiger partial charge on any atom is -0.481 e. The fourth-order valence-corrected chi connectivity index (χ4v) is 3.44. The van der Waals surface area contributed by atoms with Crippen LogP contribution in [0.5, 0.6) is 0 Å². The van der Waals surface area contributed by atoms with Gasteiger partial charge in [0.2, 0.25) is 5.91 Å². The zero-order valence-corrected chi connectivity index (χ0v) is 12.4. The van der Waals surface area contributed by atoms with Gasteiger partial charge in [0, 0.05) is 6.54 Å². The third-order valence-corrected chi connectivity index (χ3v) is 4.49. The number of rotatable bonds is 4. The molecule has 0 aromatic rings. The molecule has 2 fully saturated rings. The third-order valence-electron chi connectivity index (χ3n) is 4.49. The molecule has 6 nitrogen and oxygen atoms in total. The van der Waals surface area contributed by atoms with Crippen molar-refractivity contribution in [3.05, 3.63) is 0 Å². The topological polar surface area (TPSA) is 83.9 Å². The maximum absolute atomic E-state index is 12.7. The molecule has 6 heteroatoms. The monoisotopic (exact) mass is 297 g/mol. The highest BCUT2D eigenvalue weighted by Gasteiger charge is 2.43. The largest absolute Gasteiger partial charge is 0.481 e. The molecular formula is C15H23NO5. The third kappa shape index (κ3) is 3.36. The highest BCUT2D eigenvalue weighted by Crippen LogP contribution is 2.35. The van der Waals surface area contributed by atoms with E-state index < -0.39 is 23.8 Å². The second kappa shape index (κ2) is 6.91. The van der Waals surface area contributed by atoms with Gasteiger partial charge in [-0.15, -0.1) is 0 Å². The maximum atomic E-state index is 12.7. The van der Waals surface area contributed by atoms with Gasteiger partial charge in [-0.1, -0.05) is 6.42 Å². The number of hydrogen-bond donors (Lipinski definition) is 1. The summed E-state index contributed by atoms with van der Waals surface area (Å²) in [7, 11) is 0. The van der Waals surface area contributed by atoms with Crippen LogP contribution < -0.4 is 0 Å². The molecule has 1 saturated carbocycles. The zero-order valence-electron chi connectivity index (χ0n) is 12.4. The molecule has 3 atom stereocenters. The molecule has 1 aliphatic carbocycles. The molecule has 1 N–H and O–H groups in total. The summed E-state index contributed by atoms with van der Waals surface area (Å²) < 4.78 is 5.05. The van der Waals surface area contributed by atoms with Crippen LogP contribution >= 0.6 is 0 Å². The van der Waals surface area contributed by atoms with Crippen molar-refractivity contribution in [1.82, 2.24) is 4.90 Å². The van der Waals surface area contributed by atoms with E-state index in [1.807, 2.05) is 0 Å². The Morgan fingerprint density at radius 2 is 1.81 bits per heavy atom. The Hall–Kier alpha value is -1.59. The van der Waals surface area contributed by atoms with Gasteiger partial charge in [0.15, 0.2) is 0 Å². The number of hydrogen-bond acceptors (Lipinski definition) is 4. The zero-order chi connectivity index (χ0) is 15.4. The van der Waals surface area contributed by atoms with Crippen molar-refractivity contribution in [2.75, 3.05) is 13.2 Å². The maximum Gasteiger partial charge on any atom is 0.328 e. The van der Waals surface area contributed by atoms with Gasteiger partial charge in [-0.3, -0.25) is 9.59 Å². The van der Waals surface area contributed by atoms with E-state index >= 15 is 0 Å². The van der Waals surface area contributed by atoms with Gasteiger partial charge in [-0.05, 0) is 39.0 Å². The van der Waals surface area contributed by atoms with Crippen LogP contribution in [0, 0.1) is 11.8 Å². The van der Waals surface area contributed by atoms with Crippen molar-refractivity contribution >= 4 is 17.8 Å². The average molecular weight is 297 g/mol. The van der Waals surface area contributed by atoms with Crippen LogP contribution in [0.1, 0.15) is 45.4 Å². The fraction of sp³-hybridized carbons (Fsp3) is 0.800. The predicted octanol–water partition coefficient (Wildman–Crippen LogP) is 1.43. The number of carboxylic acids is 1. The summed E-state index contributed by atoms with van der Waals surface area (Å²) in [6, 6.07) is -0.541. The summed E-state index contributed by atoms with van der Waals surface area (Å²) in [4.78, 5) is 37.5. The number of piperidine rings is 1. The Morgan fingerprint density at radius 3 is 2.48 bits per heavy atom. The summed E-state index contributed by atoms with van der Waals surface area (Å²) >= 11 is 0. The Bertz CT molecular complexity index is 422. The molecule has 2 rings (SSSR count).